The van der Waals surface area contributed by atoms with Gasteiger partial charge in [0.25, 0.3) is 0 Å². The van der Waals surface area contributed by atoms with E-state index in [4.69, 9.17) is 17.3 Å². The van der Waals surface area contributed by atoms with Crippen LogP contribution in [0.4, 0.5) is 15.8 Å². The monoisotopic (exact) mass is 278 g/mol. The van der Waals surface area contributed by atoms with Gasteiger partial charge in [-0.25, -0.2) is 4.39 Å². The Bertz CT molecular complexity index is 599. The van der Waals surface area contributed by atoms with Crippen LogP contribution in [0.15, 0.2) is 36.4 Å². The number of halogens is 2. The molecule has 3 N–H and O–H groups in total. The molecular formula is C15H16ClFN2. The van der Waals surface area contributed by atoms with Gasteiger partial charge in [-0.1, -0.05) is 29.8 Å². The lowest BCUT2D eigenvalue weighted by Crippen LogP contribution is -2.09. The Morgan fingerprint density at radius 2 is 1.95 bits per heavy atom. The third-order valence-corrected chi connectivity index (χ3v) is 3.42. The van der Waals surface area contributed by atoms with Crippen LogP contribution in [-0.2, 0) is 0 Å². The molecule has 0 saturated carbocycles. The predicted octanol–water partition coefficient (Wildman–Crippen LogP) is 4.54. The van der Waals surface area contributed by atoms with E-state index in [9.17, 15) is 4.39 Å². The van der Waals surface area contributed by atoms with Gasteiger partial charge in [-0.3, -0.25) is 0 Å². The fourth-order valence-electron chi connectivity index (χ4n) is 1.96. The molecule has 0 aliphatic heterocycles. The van der Waals surface area contributed by atoms with Crippen LogP contribution in [0.5, 0.6) is 0 Å². The molecule has 1 atom stereocenters. The summed E-state index contributed by atoms with van der Waals surface area (Å²) in [4.78, 5) is 0. The van der Waals surface area contributed by atoms with Crippen molar-refractivity contribution in [2.24, 2.45) is 0 Å². The maximum Gasteiger partial charge on any atom is 0.128 e. The van der Waals surface area contributed by atoms with Crippen LogP contribution < -0.4 is 11.1 Å². The van der Waals surface area contributed by atoms with Crippen LogP contribution in [0.2, 0.25) is 5.02 Å². The van der Waals surface area contributed by atoms with Crippen molar-refractivity contribution >= 4 is 23.0 Å². The number of nitrogens with two attached hydrogens (primary N) is 1. The first-order chi connectivity index (χ1) is 8.99. The first kappa shape index (κ1) is 13.7. The first-order valence-corrected chi connectivity index (χ1v) is 6.43. The third-order valence-electron chi connectivity index (χ3n) is 3.07. The fourth-order valence-corrected chi connectivity index (χ4v) is 2.26. The molecule has 0 bridgehead atoms. The number of rotatable bonds is 3. The summed E-state index contributed by atoms with van der Waals surface area (Å²) >= 11 is 6.15. The van der Waals surface area contributed by atoms with E-state index in [0.717, 1.165) is 5.56 Å². The first-order valence-electron chi connectivity index (χ1n) is 6.05. The second-order valence-corrected chi connectivity index (χ2v) is 4.98. The minimum atomic E-state index is -0.298. The Morgan fingerprint density at radius 1 is 1.26 bits per heavy atom. The summed E-state index contributed by atoms with van der Waals surface area (Å²) < 4.78 is 13.4. The van der Waals surface area contributed by atoms with Gasteiger partial charge in [0.15, 0.2) is 0 Å². The summed E-state index contributed by atoms with van der Waals surface area (Å²) in [5, 5.41) is 3.95. The van der Waals surface area contributed by atoms with Crippen molar-refractivity contribution in [3.05, 3.63) is 58.4 Å². The summed E-state index contributed by atoms with van der Waals surface area (Å²) in [5.74, 6) is -0.298. The van der Waals surface area contributed by atoms with Gasteiger partial charge in [0, 0.05) is 5.02 Å². The molecular weight excluding hydrogens is 263 g/mol. The van der Waals surface area contributed by atoms with Crippen molar-refractivity contribution in [1.29, 1.82) is 0 Å². The summed E-state index contributed by atoms with van der Waals surface area (Å²) in [6, 6.07) is 10.6. The van der Waals surface area contributed by atoms with Crippen molar-refractivity contribution in [3.63, 3.8) is 0 Å². The highest BCUT2D eigenvalue weighted by Gasteiger charge is 2.11. The number of hydrogen-bond donors (Lipinski definition) is 2. The van der Waals surface area contributed by atoms with E-state index in [1.165, 1.54) is 6.07 Å². The number of hydrogen-bond acceptors (Lipinski definition) is 2. The highest BCUT2D eigenvalue weighted by molar-refractivity contribution is 6.31. The van der Waals surface area contributed by atoms with Gasteiger partial charge in [0.2, 0.25) is 0 Å². The second kappa shape index (κ2) is 5.49. The molecule has 0 aliphatic carbocycles. The SMILES string of the molecule is Cc1cc(NC(C)c2ccccc2Cl)c(N)cc1F. The third kappa shape index (κ3) is 2.99. The maximum absolute atomic E-state index is 13.4. The molecule has 0 amide bonds. The smallest absolute Gasteiger partial charge is 0.128 e. The van der Waals surface area contributed by atoms with E-state index in [1.807, 2.05) is 31.2 Å². The van der Waals surface area contributed by atoms with Crippen LogP contribution in [0.1, 0.15) is 24.1 Å². The molecule has 4 heteroatoms. The average Bonchev–Trinajstić information content (AvgIpc) is 2.36. The predicted molar refractivity (Wildman–Crippen MR) is 79.0 cm³/mol. The molecule has 100 valence electrons. The fraction of sp³-hybridized carbons (Fsp3) is 0.200. The molecule has 2 aromatic rings. The van der Waals surface area contributed by atoms with E-state index in [-0.39, 0.29) is 11.9 Å². The molecule has 0 aliphatic rings. The van der Waals surface area contributed by atoms with Crippen molar-refractivity contribution in [2.75, 3.05) is 11.1 Å². The summed E-state index contributed by atoms with van der Waals surface area (Å²) in [6.45, 7) is 3.69. The molecule has 0 fully saturated rings. The molecule has 1 unspecified atom stereocenters. The van der Waals surface area contributed by atoms with Gasteiger partial charge in [-0.15, -0.1) is 0 Å². The van der Waals surface area contributed by atoms with E-state index in [2.05, 4.69) is 5.32 Å². The molecule has 0 saturated heterocycles. The Balaban J connectivity index is 2.27. The molecule has 19 heavy (non-hydrogen) atoms. The topological polar surface area (TPSA) is 38.0 Å². The molecule has 0 heterocycles. The largest absolute Gasteiger partial charge is 0.397 e. The number of nitrogen functional groups attached to an aromatic ring is 1. The normalized spacial score (nSPS) is 12.2. The number of anilines is 2. The molecule has 0 spiro atoms. The van der Waals surface area contributed by atoms with Crippen molar-refractivity contribution in [1.82, 2.24) is 0 Å². The van der Waals surface area contributed by atoms with Crippen LogP contribution in [0.3, 0.4) is 0 Å². The van der Waals surface area contributed by atoms with Crippen LogP contribution >= 0.6 is 11.6 Å². The molecule has 2 nitrogen and oxygen atoms in total. The zero-order chi connectivity index (χ0) is 14.0. The highest BCUT2D eigenvalue weighted by atomic mass is 35.5. The molecule has 0 aromatic heterocycles. The summed E-state index contributed by atoms with van der Waals surface area (Å²) in [5.41, 5.74) is 8.46. The van der Waals surface area contributed by atoms with E-state index in [1.54, 1.807) is 13.0 Å². The van der Waals surface area contributed by atoms with Crippen molar-refractivity contribution in [3.8, 4) is 0 Å². The Morgan fingerprint density at radius 3 is 2.63 bits per heavy atom. The van der Waals surface area contributed by atoms with Crippen molar-refractivity contribution in [2.45, 2.75) is 19.9 Å². The number of nitrogens with one attached hydrogen (secondary N) is 1. The van der Waals surface area contributed by atoms with Gasteiger partial charge in [0.1, 0.15) is 5.82 Å². The standard InChI is InChI=1S/C15H16ClFN2/c1-9-7-15(14(18)8-13(9)17)19-10(2)11-5-3-4-6-12(11)16/h3-8,10,19H,18H2,1-2H3. The molecule has 2 rings (SSSR count). The summed E-state index contributed by atoms with van der Waals surface area (Å²) in [7, 11) is 0. The maximum atomic E-state index is 13.4. The molecule has 0 radical (unpaired) electrons. The van der Waals surface area contributed by atoms with Gasteiger partial charge >= 0.3 is 0 Å². The van der Waals surface area contributed by atoms with Crippen LogP contribution in [0.25, 0.3) is 0 Å². The van der Waals surface area contributed by atoms with Gasteiger partial charge in [-0.05, 0) is 43.2 Å². The van der Waals surface area contributed by atoms with Gasteiger partial charge in [0.05, 0.1) is 17.4 Å². The Labute approximate surface area is 117 Å². The quantitative estimate of drug-likeness (QED) is 0.809. The van der Waals surface area contributed by atoms with Gasteiger partial charge in [-0.2, -0.15) is 0 Å². The minimum Gasteiger partial charge on any atom is -0.397 e. The van der Waals surface area contributed by atoms with E-state index in [0.29, 0.717) is 22.0 Å². The zero-order valence-corrected chi connectivity index (χ0v) is 11.6. The number of aryl methyl sites for hydroxylation is 1. The minimum absolute atomic E-state index is 0.0131. The van der Waals surface area contributed by atoms with Crippen LogP contribution in [-0.4, -0.2) is 0 Å². The van der Waals surface area contributed by atoms with E-state index < -0.39 is 0 Å². The number of benzene rings is 2. The Hall–Kier alpha value is -1.74. The summed E-state index contributed by atoms with van der Waals surface area (Å²) in [6.07, 6.45) is 0. The molecule has 2 aromatic carbocycles. The van der Waals surface area contributed by atoms with E-state index >= 15 is 0 Å². The highest BCUT2D eigenvalue weighted by Crippen LogP contribution is 2.29. The lowest BCUT2D eigenvalue weighted by molar-refractivity contribution is 0.619. The van der Waals surface area contributed by atoms with Crippen molar-refractivity contribution < 1.29 is 4.39 Å². The lowest BCUT2D eigenvalue weighted by atomic mass is 10.1. The van der Waals surface area contributed by atoms with Crippen LogP contribution in [0, 0.1) is 12.7 Å². The van der Waals surface area contributed by atoms with Gasteiger partial charge < -0.3 is 11.1 Å². The average molecular weight is 279 g/mol. The zero-order valence-electron chi connectivity index (χ0n) is 10.9. The lowest BCUT2D eigenvalue weighted by Gasteiger charge is -2.19. The Kier molecular flexibility index (Phi) is 3.96. The second-order valence-electron chi connectivity index (χ2n) is 4.58.